The first-order valence-electron chi connectivity index (χ1n) is 8.73. The number of piperidine rings is 1. The number of nitrogens with zero attached hydrogens (tertiary/aromatic N) is 2. The second-order valence-corrected chi connectivity index (χ2v) is 6.88. The van der Waals surface area contributed by atoms with Crippen LogP contribution in [0.3, 0.4) is 0 Å². The maximum absolute atomic E-state index is 13.0. The van der Waals surface area contributed by atoms with Gasteiger partial charge in [-0.1, -0.05) is 25.1 Å². The Morgan fingerprint density at radius 1 is 1.24 bits per heavy atom. The molecule has 136 valence electrons. The quantitative estimate of drug-likeness (QED) is 0.857. The van der Waals surface area contributed by atoms with E-state index < -0.39 is 11.4 Å². The predicted octanol–water partition coefficient (Wildman–Crippen LogP) is 2.25. The monoisotopic (exact) mass is 346 g/mol. The fourth-order valence-corrected chi connectivity index (χ4v) is 3.42. The summed E-state index contributed by atoms with van der Waals surface area (Å²) in [4.78, 5) is 39.9. The Kier molecular flexibility index (Phi) is 6.17. The minimum atomic E-state index is -1.02. The van der Waals surface area contributed by atoms with E-state index in [0.717, 1.165) is 6.42 Å². The Labute approximate surface area is 148 Å². The van der Waals surface area contributed by atoms with Crippen LogP contribution in [0.15, 0.2) is 30.3 Å². The molecule has 0 radical (unpaired) electrons. The minimum Gasteiger partial charge on any atom is -0.480 e. The molecule has 1 unspecified atom stereocenters. The van der Waals surface area contributed by atoms with Crippen molar-refractivity contribution >= 4 is 17.8 Å². The number of likely N-dealkylation sites (tertiary alicyclic amines) is 1. The van der Waals surface area contributed by atoms with E-state index in [-0.39, 0.29) is 18.4 Å². The largest absolute Gasteiger partial charge is 0.480 e. The van der Waals surface area contributed by atoms with Gasteiger partial charge in [-0.15, -0.1) is 0 Å². The van der Waals surface area contributed by atoms with E-state index in [1.54, 1.807) is 17.0 Å². The van der Waals surface area contributed by atoms with Gasteiger partial charge in [0, 0.05) is 25.2 Å². The van der Waals surface area contributed by atoms with E-state index in [0.29, 0.717) is 38.0 Å². The van der Waals surface area contributed by atoms with Crippen LogP contribution >= 0.6 is 0 Å². The lowest BCUT2D eigenvalue weighted by Crippen LogP contribution is -2.54. The van der Waals surface area contributed by atoms with Crippen molar-refractivity contribution in [1.82, 2.24) is 9.80 Å². The molecule has 0 spiro atoms. The van der Waals surface area contributed by atoms with E-state index in [9.17, 15) is 14.4 Å². The number of hydrogen-bond donors (Lipinski definition) is 1. The second kappa shape index (κ2) is 8.14. The van der Waals surface area contributed by atoms with E-state index in [1.807, 2.05) is 32.0 Å². The summed E-state index contributed by atoms with van der Waals surface area (Å²) in [7, 11) is 0. The Hall–Kier alpha value is -2.37. The van der Waals surface area contributed by atoms with Gasteiger partial charge in [0.1, 0.15) is 6.54 Å². The van der Waals surface area contributed by atoms with Gasteiger partial charge in [0.2, 0.25) is 5.91 Å². The maximum atomic E-state index is 13.0. The van der Waals surface area contributed by atoms with E-state index in [2.05, 4.69) is 0 Å². The fourth-order valence-electron chi connectivity index (χ4n) is 3.42. The normalized spacial score (nSPS) is 20.2. The van der Waals surface area contributed by atoms with Crippen LogP contribution in [-0.4, -0.2) is 58.9 Å². The molecular formula is C19H26N2O4. The summed E-state index contributed by atoms with van der Waals surface area (Å²) in [5.74, 6) is -1.28. The zero-order valence-corrected chi connectivity index (χ0v) is 14.9. The topological polar surface area (TPSA) is 77.9 Å². The zero-order chi connectivity index (χ0) is 18.4. The van der Waals surface area contributed by atoms with Gasteiger partial charge in [-0.2, -0.15) is 0 Å². The summed E-state index contributed by atoms with van der Waals surface area (Å²) in [5.41, 5.74) is -0.136. The van der Waals surface area contributed by atoms with E-state index in [1.165, 1.54) is 4.90 Å². The van der Waals surface area contributed by atoms with Gasteiger partial charge in [0.05, 0.1) is 5.41 Å². The summed E-state index contributed by atoms with van der Waals surface area (Å²) in [6, 6.07) is 9.03. The molecule has 1 heterocycles. The first-order chi connectivity index (χ1) is 11.9. The number of carboxylic acid groups (broad SMARTS) is 1. The molecule has 1 aromatic carbocycles. The number of hydrogen-bond acceptors (Lipinski definition) is 3. The Morgan fingerprint density at radius 3 is 2.52 bits per heavy atom. The molecular weight excluding hydrogens is 320 g/mol. The molecule has 6 nitrogen and oxygen atoms in total. The number of carbonyl (C=O) groups excluding carboxylic acids is 2. The summed E-state index contributed by atoms with van der Waals surface area (Å²) < 4.78 is 0. The van der Waals surface area contributed by atoms with Gasteiger partial charge >= 0.3 is 5.97 Å². The molecule has 2 rings (SSSR count). The molecule has 1 aliphatic heterocycles. The Morgan fingerprint density at radius 2 is 1.92 bits per heavy atom. The van der Waals surface area contributed by atoms with Crippen LogP contribution < -0.4 is 0 Å². The van der Waals surface area contributed by atoms with Crippen LogP contribution in [0.5, 0.6) is 0 Å². The van der Waals surface area contributed by atoms with Gasteiger partial charge in [-0.05, 0) is 38.3 Å². The average molecular weight is 346 g/mol. The molecule has 2 amide bonds. The highest BCUT2D eigenvalue weighted by atomic mass is 16.4. The molecule has 1 aliphatic rings. The third kappa shape index (κ3) is 4.59. The lowest BCUT2D eigenvalue weighted by Gasteiger charge is -2.41. The number of amides is 2. The highest BCUT2D eigenvalue weighted by Crippen LogP contribution is 2.32. The van der Waals surface area contributed by atoms with Crippen molar-refractivity contribution < 1.29 is 19.5 Å². The third-order valence-electron chi connectivity index (χ3n) is 4.63. The van der Waals surface area contributed by atoms with Crippen molar-refractivity contribution in [2.45, 2.75) is 33.1 Å². The van der Waals surface area contributed by atoms with Crippen LogP contribution in [0.4, 0.5) is 0 Å². The predicted molar refractivity (Wildman–Crippen MR) is 94.2 cm³/mol. The molecule has 1 saturated heterocycles. The molecule has 0 bridgehead atoms. The van der Waals surface area contributed by atoms with Gasteiger partial charge in [0.25, 0.3) is 5.91 Å². The van der Waals surface area contributed by atoms with Crippen LogP contribution in [0, 0.1) is 5.41 Å². The summed E-state index contributed by atoms with van der Waals surface area (Å²) in [5, 5.41) is 9.07. The number of rotatable bonds is 6. The number of benzene rings is 1. The Balaban J connectivity index is 2.15. The van der Waals surface area contributed by atoms with Gasteiger partial charge < -0.3 is 14.9 Å². The lowest BCUT2D eigenvalue weighted by molar-refractivity contribution is -0.151. The average Bonchev–Trinajstić information content (AvgIpc) is 2.60. The van der Waals surface area contributed by atoms with Gasteiger partial charge in [-0.25, -0.2) is 0 Å². The van der Waals surface area contributed by atoms with Crippen LogP contribution in [-0.2, 0) is 9.59 Å². The highest BCUT2D eigenvalue weighted by Gasteiger charge is 2.42. The molecule has 0 aliphatic carbocycles. The van der Waals surface area contributed by atoms with Crippen molar-refractivity contribution in [2.24, 2.45) is 5.41 Å². The van der Waals surface area contributed by atoms with E-state index >= 15 is 0 Å². The fraction of sp³-hybridized carbons (Fsp3) is 0.526. The molecule has 0 aromatic heterocycles. The highest BCUT2D eigenvalue weighted by molar-refractivity contribution is 5.95. The summed E-state index contributed by atoms with van der Waals surface area (Å²) in [6.45, 7) is 4.80. The van der Waals surface area contributed by atoms with Crippen molar-refractivity contribution in [3.8, 4) is 0 Å². The Bertz CT molecular complexity index is 632. The van der Waals surface area contributed by atoms with Crippen molar-refractivity contribution in [3.63, 3.8) is 0 Å². The first-order valence-corrected chi connectivity index (χ1v) is 8.73. The molecule has 1 N–H and O–H groups in total. The maximum Gasteiger partial charge on any atom is 0.323 e. The SMILES string of the molecule is CCCN(CC(=O)O)C(=O)C1(C)CCCN(C(=O)c2ccccc2)C1. The minimum absolute atomic E-state index is 0.0837. The molecule has 1 aromatic rings. The number of carboxylic acids is 1. The standard InChI is InChI=1S/C19H26N2O4/c1-3-11-20(13-16(22)23)18(25)19(2)10-7-12-21(14-19)17(24)15-8-5-4-6-9-15/h4-6,8-9H,3,7,10-14H2,1-2H3,(H,22,23). The van der Waals surface area contributed by atoms with E-state index in [4.69, 9.17) is 5.11 Å². The second-order valence-electron chi connectivity index (χ2n) is 6.88. The molecule has 25 heavy (non-hydrogen) atoms. The van der Waals surface area contributed by atoms with Crippen molar-refractivity contribution in [1.29, 1.82) is 0 Å². The summed E-state index contributed by atoms with van der Waals surface area (Å²) >= 11 is 0. The molecule has 0 saturated carbocycles. The molecule has 1 atom stereocenters. The molecule has 1 fully saturated rings. The van der Waals surface area contributed by atoms with Crippen molar-refractivity contribution in [2.75, 3.05) is 26.2 Å². The molecule has 6 heteroatoms. The van der Waals surface area contributed by atoms with Gasteiger partial charge in [0.15, 0.2) is 0 Å². The van der Waals surface area contributed by atoms with Gasteiger partial charge in [-0.3, -0.25) is 14.4 Å². The first kappa shape index (κ1) is 19.0. The summed E-state index contributed by atoms with van der Waals surface area (Å²) in [6.07, 6.45) is 2.08. The zero-order valence-electron chi connectivity index (χ0n) is 14.9. The lowest BCUT2D eigenvalue weighted by atomic mass is 9.80. The number of aliphatic carboxylic acids is 1. The third-order valence-corrected chi connectivity index (χ3v) is 4.63. The van der Waals surface area contributed by atoms with Crippen LogP contribution in [0.25, 0.3) is 0 Å². The smallest absolute Gasteiger partial charge is 0.323 e. The number of carbonyl (C=O) groups is 3. The van der Waals surface area contributed by atoms with Crippen molar-refractivity contribution in [3.05, 3.63) is 35.9 Å². The van der Waals surface area contributed by atoms with Crippen LogP contribution in [0.1, 0.15) is 43.5 Å². The van der Waals surface area contributed by atoms with Crippen LogP contribution in [0.2, 0.25) is 0 Å².